The quantitative estimate of drug-likeness (QED) is 0.307. The van der Waals surface area contributed by atoms with E-state index in [9.17, 15) is 9.90 Å². The average Bonchev–Trinajstić information content (AvgIpc) is 2.48. The molecule has 1 amide bonds. The van der Waals surface area contributed by atoms with Gasteiger partial charge in [0.25, 0.3) is 0 Å². The van der Waals surface area contributed by atoms with Crippen LogP contribution in [0.25, 0.3) is 0 Å². The Morgan fingerprint density at radius 1 is 1.35 bits per heavy atom. The van der Waals surface area contributed by atoms with Crippen molar-refractivity contribution in [2.45, 2.75) is 64.5 Å². The van der Waals surface area contributed by atoms with Crippen LogP contribution in [0.2, 0.25) is 0 Å². The first-order chi connectivity index (χ1) is 9.44. The largest absolute Gasteiger partial charge is 0.409 e. The molecule has 0 aliphatic heterocycles. The van der Waals surface area contributed by atoms with Gasteiger partial charge in [-0.25, -0.2) is 0 Å². The normalized spacial score (nSPS) is 24.5. The number of amides is 1. The number of carbonyl (C=O) groups is 1. The molecule has 0 aromatic heterocycles. The van der Waals surface area contributed by atoms with E-state index < -0.39 is 11.5 Å². The van der Waals surface area contributed by atoms with Crippen LogP contribution in [0.15, 0.2) is 5.16 Å². The molecule has 6 heteroatoms. The molecule has 0 heterocycles. The van der Waals surface area contributed by atoms with Crippen LogP contribution in [0, 0.1) is 5.41 Å². The number of aliphatic hydroxyl groups excluding tert-OH is 1. The first-order valence-corrected chi connectivity index (χ1v) is 7.37. The van der Waals surface area contributed by atoms with Crippen molar-refractivity contribution in [2.75, 3.05) is 7.05 Å². The molecular weight excluding hydrogens is 258 g/mol. The second kappa shape index (κ2) is 6.92. The predicted octanol–water partition coefficient (Wildman–Crippen LogP) is 1.30. The maximum absolute atomic E-state index is 12.8. The van der Waals surface area contributed by atoms with Crippen LogP contribution in [0.5, 0.6) is 0 Å². The molecule has 1 aliphatic rings. The lowest BCUT2D eigenvalue weighted by Crippen LogP contribution is -2.55. The van der Waals surface area contributed by atoms with Crippen molar-refractivity contribution in [3.05, 3.63) is 0 Å². The van der Waals surface area contributed by atoms with Gasteiger partial charge in [-0.3, -0.25) is 4.79 Å². The third kappa shape index (κ3) is 2.90. The van der Waals surface area contributed by atoms with E-state index in [4.69, 9.17) is 10.9 Å². The van der Waals surface area contributed by atoms with Gasteiger partial charge < -0.3 is 20.9 Å². The van der Waals surface area contributed by atoms with Gasteiger partial charge in [0.05, 0.1) is 12.1 Å². The summed E-state index contributed by atoms with van der Waals surface area (Å²) in [5.74, 6) is -0.228. The molecule has 0 spiro atoms. The molecule has 2 unspecified atom stereocenters. The Hall–Kier alpha value is -1.30. The van der Waals surface area contributed by atoms with Crippen LogP contribution in [-0.4, -0.2) is 46.1 Å². The summed E-state index contributed by atoms with van der Waals surface area (Å²) in [7, 11) is 1.70. The monoisotopic (exact) mass is 285 g/mol. The molecule has 0 bridgehead atoms. The lowest BCUT2D eigenvalue weighted by atomic mass is 9.78. The minimum atomic E-state index is -0.985. The molecule has 1 rings (SSSR count). The van der Waals surface area contributed by atoms with Crippen LogP contribution in [0.1, 0.15) is 52.4 Å². The molecule has 1 fully saturated rings. The maximum atomic E-state index is 12.8. The zero-order chi connectivity index (χ0) is 15.3. The highest BCUT2D eigenvalue weighted by atomic mass is 16.4. The molecule has 116 valence electrons. The summed E-state index contributed by atoms with van der Waals surface area (Å²) in [4.78, 5) is 14.4. The van der Waals surface area contributed by atoms with Gasteiger partial charge in [0.15, 0.2) is 5.84 Å². The van der Waals surface area contributed by atoms with Crippen LogP contribution in [0.4, 0.5) is 0 Å². The number of aliphatic hydroxyl groups is 1. The predicted molar refractivity (Wildman–Crippen MR) is 77.5 cm³/mol. The average molecular weight is 285 g/mol. The summed E-state index contributed by atoms with van der Waals surface area (Å²) in [6.45, 7) is 3.70. The van der Waals surface area contributed by atoms with Gasteiger partial charge in [0.1, 0.15) is 5.41 Å². The van der Waals surface area contributed by atoms with Crippen LogP contribution < -0.4 is 5.73 Å². The molecule has 4 N–H and O–H groups in total. The van der Waals surface area contributed by atoms with E-state index in [2.05, 4.69) is 5.16 Å². The van der Waals surface area contributed by atoms with Gasteiger partial charge in [-0.2, -0.15) is 0 Å². The second-order valence-corrected chi connectivity index (χ2v) is 5.61. The number of likely N-dealkylation sites (N-methyl/N-ethyl adjacent to an activating group) is 1. The number of nitrogens with zero attached hydrogens (tertiary/aromatic N) is 2. The summed E-state index contributed by atoms with van der Waals surface area (Å²) in [5.41, 5.74) is 4.78. The smallest absolute Gasteiger partial charge is 0.236 e. The SMILES string of the molecule is CCC(CC)(C(=O)N(C)C1CCCCC1O)C(N)=NO. The maximum Gasteiger partial charge on any atom is 0.236 e. The Morgan fingerprint density at radius 2 is 1.90 bits per heavy atom. The third-order valence-electron chi connectivity index (χ3n) is 4.73. The lowest BCUT2D eigenvalue weighted by molar-refractivity contribution is -0.143. The minimum absolute atomic E-state index is 0.0513. The standard InChI is InChI=1S/C14H27N3O3/c1-4-14(5-2,12(15)16-20)13(19)17(3)10-8-6-7-9-11(10)18/h10-11,18,20H,4-9H2,1-3H3,(H2,15,16). The van der Waals surface area contributed by atoms with Crippen LogP contribution >= 0.6 is 0 Å². The number of hydrogen-bond donors (Lipinski definition) is 3. The summed E-state index contributed by atoms with van der Waals surface area (Å²) >= 11 is 0. The van der Waals surface area contributed by atoms with E-state index in [1.54, 1.807) is 11.9 Å². The van der Waals surface area contributed by atoms with Crippen molar-refractivity contribution in [2.24, 2.45) is 16.3 Å². The zero-order valence-corrected chi connectivity index (χ0v) is 12.7. The Morgan fingerprint density at radius 3 is 2.35 bits per heavy atom. The highest BCUT2D eigenvalue weighted by molar-refractivity contribution is 6.06. The van der Waals surface area contributed by atoms with Gasteiger partial charge in [0.2, 0.25) is 5.91 Å². The second-order valence-electron chi connectivity index (χ2n) is 5.61. The molecule has 0 saturated heterocycles. The molecule has 1 saturated carbocycles. The Balaban J connectivity index is 3.00. The van der Waals surface area contributed by atoms with Gasteiger partial charge in [-0.05, 0) is 25.7 Å². The molecule has 20 heavy (non-hydrogen) atoms. The Kier molecular flexibility index (Phi) is 5.80. The number of oxime groups is 1. The summed E-state index contributed by atoms with van der Waals surface area (Å²) in [5, 5.41) is 22.1. The molecule has 6 nitrogen and oxygen atoms in total. The molecule has 0 radical (unpaired) electrons. The van der Waals surface area contributed by atoms with Gasteiger partial charge in [0, 0.05) is 7.05 Å². The fourth-order valence-corrected chi connectivity index (χ4v) is 3.15. The Bertz CT molecular complexity index is 367. The van der Waals surface area contributed by atoms with Crippen molar-refractivity contribution in [1.29, 1.82) is 0 Å². The van der Waals surface area contributed by atoms with Gasteiger partial charge in [-0.15, -0.1) is 0 Å². The number of carbonyl (C=O) groups excluding carboxylic acids is 1. The lowest BCUT2D eigenvalue weighted by Gasteiger charge is -2.40. The summed E-state index contributed by atoms with van der Waals surface area (Å²) in [6, 6.07) is -0.180. The fraction of sp³-hybridized carbons (Fsp3) is 0.857. The summed E-state index contributed by atoms with van der Waals surface area (Å²) < 4.78 is 0. The molecule has 0 aromatic carbocycles. The van der Waals surface area contributed by atoms with Crippen molar-refractivity contribution < 1.29 is 15.1 Å². The Labute approximate surface area is 120 Å². The minimum Gasteiger partial charge on any atom is -0.409 e. The number of amidine groups is 1. The number of rotatable bonds is 5. The zero-order valence-electron chi connectivity index (χ0n) is 12.7. The van der Waals surface area contributed by atoms with Gasteiger partial charge in [-0.1, -0.05) is 31.8 Å². The highest BCUT2D eigenvalue weighted by Crippen LogP contribution is 2.32. The topological polar surface area (TPSA) is 99.2 Å². The third-order valence-corrected chi connectivity index (χ3v) is 4.73. The highest BCUT2D eigenvalue weighted by Gasteiger charge is 2.44. The van der Waals surface area contributed by atoms with Crippen molar-refractivity contribution >= 4 is 11.7 Å². The van der Waals surface area contributed by atoms with E-state index in [1.807, 2.05) is 13.8 Å². The van der Waals surface area contributed by atoms with Crippen LogP contribution in [-0.2, 0) is 4.79 Å². The molecule has 2 atom stereocenters. The number of nitrogens with two attached hydrogens (primary N) is 1. The molecule has 1 aliphatic carbocycles. The fourth-order valence-electron chi connectivity index (χ4n) is 3.15. The number of hydrogen-bond acceptors (Lipinski definition) is 4. The first-order valence-electron chi connectivity index (χ1n) is 7.37. The van der Waals surface area contributed by atoms with Crippen LogP contribution in [0.3, 0.4) is 0 Å². The van der Waals surface area contributed by atoms with E-state index >= 15 is 0 Å². The molecular formula is C14H27N3O3. The van der Waals surface area contributed by atoms with E-state index in [1.165, 1.54) is 0 Å². The van der Waals surface area contributed by atoms with Gasteiger partial charge >= 0.3 is 0 Å². The van der Waals surface area contributed by atoms with E-state index in [0.717, 1.165) is 25.7 Å². The van der Waals surface area contributed by atoms with E-state index in [0.29, 0.717) is 12.8 Å². The molecule has 0 aromatic rings. The first kappa shape index (κ1) is 16.8. The van der Waals surface area contributed by atoms with Crippen molar-refractivity contribution in [3.63, 3.8) is 0 Å². The van der Waals surface area contributed by atoms with Crippen molar-refractivity contribution in [3.8, 4) is 0 Å². The van der Waals surface area contributed by atoms with Crippen molar-refractivity contribution in [1.82, 2.24) is 4.90 Å². The van der Waals surface area contributed by atoms with E-state index in [-0.39, 0.29) is 17.8 Å². The summed E-state index contributed by atoms with van der Waals surface area (Å²) in [6.07, 6.45) is 3.95.